The highest BCUT2D eigenvalue weighted by Gasteiger charge is 2.31. The molecule has 0 amide bonds. The van der Waals surface area contributed by atoms with Gasteiger partial charge in [-0.25, -0.2) is 0 Å². The van der Waals surface area contributed by atoms with Gasteiger partial charge >= 0.3 is 6.18 Å². The fourth-order valence-corrected chi connectivity index (χ4v) is 3.51. The maximum atomic E-state index is 13.0. The van der Waals surface area contributed by atoms with Gasteiger partial charge < -0.3 is 10.7 Å². The van der Waals surface area contributed by atoms with E-state index in [2.05, 4.69) is 4.98 Å². The maximum Gasteiger partial charge on any atom is 0.416 e. The topological polar surface area (TPSA) is 41.8 Å². The molecule has 0 unspecified atom stereocenters. The molecule has 0 spiro atoms. The molecule has 0 fully saturated rings. The Bertz CT molecular complexity index is 788. The Morgan fingerprint density at radius 2 is 1.96 bits per heavy atom. The van der Waals surface area contributed by atoms with Crippen molar-refractivity contribution in [3.8, 4) is 10.6 Å². The van der Waals surface area contributed by atoms with Crippen molar-refractivity contribution in [2.24, 2.45) is 5.73 Å². The van der Waals surface area contributed by atoms with Crippen molar-refractivity contribution < 1.29 is 13.2 Å². The van der Waals surface area contributed by atoms with Gasteiger partial charge in [-0.15, -0.1) is 11.3 Å². The van der Waals surface area contributed by atoms with Gasteiger partial charge in [0.2, 0.25) is 0 Å². The van der Waals surface area contributed by atoms with Crippen molar-refractivity contribution in [2.75, 3.05) is 6.54 Å². The zero-order chi connectivity index (χ0) is 16.4. The second-order valence-electron chi connectivity index (χ2n) is 5.46. The Labute approximate surface area is 136 Å². The molecule has 0 bridgehead atoms. The second kappa shape index (κ2) is 6.37. The molecule has 3 rings (SSSR count). The van der Waals surface area contributed by atoms with Crippen LogP contribution in [0.1, 0.15) is 24.0 Å². The average molecular weight is 338 g/mol. The summed E-state index contributed by atoms with van der Waals surface area (Å²) in [6.45, 7) is 0.588. The molecular weight excluding hydrogens is 321 g/mol. The molecule has 3 N–H and O–H groups in total. The molecule has 2 aromatic heterocycles. The van der Waals surface area contributed by atoms with Gasteiger partial charge in [0.15, 0.2) is 0 Å². The predicted octanol–water partition coefficient (Wildman–Crippen LogP) is 5.20. The van der Waals surface area contributed by atoms with Gasteiger partial charge in [0.05, 0.1) is 16.1 Å². The lowest BCUT2D eigenvalue weighted by Gasteiger charge is -2.07. The first-order valence-corrected chi connectivity index (χ1v) is 8.34. The molecule has 0 aliphatic heterocycles. The number of H-pyrrole nitrogens is 1. The van der Waals surface area contributed by atoms with Crippen LogP contribution in [-0.4, -0.2) is 11.5 Å². The van der Waals surface area contributed by atoms with E-state index in [-0.39, 0.29) is 0 Å². The lowest BCUT2D eigenvalue weighted by Crippen LogP contribution is -2.04. The number of fused-ring (bicyclic) bond motifs is 1. The summed E-state index contributed by atoms with van der Waals surface area (Å²) < 4.78 is 39.0. The van der Waals surface area contributed by atoms with Gasteiger partial charge in [-0.3, -0.25) is 0 Å². The summed E-state index contributed by atoms with van der Waals surface area (Å²) in [5, 5.41) is 2.62. The number of rotatable bonds is 5. The standard InChI is InChI=1S/C17H17F3N2S/c18-17(19,20)11-6-7-14-13(10-11)12(4-1-2-8-21)16(22-14)15-5-3-9-23-15/h3,5-7,9-10,22H,1-2,4,8,21H2. The lowest BCUT2D eigenvalue weighted by atomic mass is 10.0. The van der Waals surface area contributed by atoms with Crippen LogP contribution in [0.25, 0.3) is 21.5 Å². The first-order chi connectivity index (χ1) is 11.0. The van der Waals surface area contributed by atoms with Crippen molar-refractivity contribution in [2.45, 2.75) is 25.4 Å². The van der Waals surface area contributed by atoms with E-state index in [0.717, 1.165) is 40.6 Å². The highest BCUT2D eigenvalue weighted by Crippen LogP contribution is 2.37. The smallest absolute Gasteiger partial charge is 0.354 e. The third kappa shape index (κ3) is 3.28. The molecule has 0 saturated heterocycles. The Morgan fingerprint density at radius 1 is 1.13 bits per heavy atom. The zero-order valence-corrected chi connectivity index (χ0v) is 13.2. The zero-order valence-electron chi connectivity index (χ0n) is 12.4. The number of hydrogen-bond donors (Lipinski definition) is 2. The molecule has 0 aliphatic rings. The van der Waals surface area contributed by atoms with Crippen molar-refractivity contribution in [1.29, 1.82) is 0 Å². The number of halogens is 3. The number of hydrogen-bond acceptors (Lipinski definition) is 2. The van der Waals surface area contributed by atoms with Crippen LogP contribution in [-0.2, 0) is 12.6 Å². The third-order valence-corrected chi connectivity index (χ3v) is 4.77. The van der Waals surface area contributed by atoms with Gasteiger partial charge in [-0.05, 0) is 61.0 Å². The van der Waals surface area contributed by atoms with Crippen molar-refractivity contribution in [1.82, 2.24) is 4.98 Å². The van der Waals surface area contributed by atoms with E-state index in [1.54, 1.807) is 11.3 Å². The molecule has 0 aliphatic carbocycles. The van der Waals surface area contributed by atoms with Crippen LogP contribution in [0.3, 0.4) is 0 Å². The van der Waals surface area contributed by atoms with Crippen molar-refractivity contribution >= 4 is 22.2 Å². The number of aryl methyl sites for hydroxylation is 1. The van der Waals surface area contributed by atoms with Gasteiger partial charge in [0, 0.05) is 10.9 Å². The normalized spacial score (nSPS) is 12.2. The van der Waals surface area contributed by atoms with Gasteiger partial charge in [-0.2, -0.15) is 13.2 Å². The summed E-state index contributed by atoms with van der Waals surface area (Å²) in [5.74, 6) is 0. The summed E-state index contributed by atoms with van der Waals surface area (Å²) in [5.41, 5.74) is 7.54. The largest absolute Gasteiger partial charge is 0.416 e. The van der Waals surface area contributed by atoms with Crippen molar-refractivity contribution in [3.63, 3.8) is 0 Å². The number of aromatic nitrogens is 1. The van der Waals surface area contributed by atoms with Crippen LogP contribution in [0, 0.1) is 0 Å². The lowest BCUT2D eigenvalue weighted by molar-refractivity contribution is -0.137. The maximum absolute atomic E-state index is 13.0. The summed E-state index contributed by atoms with van der Waals surface area (Å²) in [7, 11) is 0. The molecule has 0 saturated carbocycles. The minimum atomic E-state index is -4.33. The fourth-order valence-electron chi connectivity index (χ4n) is 2.76. The molecule has 6 heteroatoms. The number of unbranched alkanes of at least 4 members (excludes halogenated alkanes) is 1. The number of thiophene rings is 1. The molecule has 0 radical (unpaired) electrons. The SMILES string of the molecule is NCCCCc1c(-c2cccs2)[nH]c2ccc(C(F)(F)F)cc12. The van der Waals surface area contributed by atoms with Gasteiger partial charge in [0.25, 0.3) is 0 Å². The minimum absolute atomic E-state index is 0.588. The predicted molar refractivity (Wildman–Crippen MR) is 88.6 cm³/mol. The molecule has 1 aromatic carbocycles. The van der Waals surface area contributed by atoms with E-state index in [0.29, 0.717) is 18.4 Å². The van der Waals surface area contributed by atoms with Gasteiger partial charge in [-0.1, -0.05) is 6.07 Å². The molecule has 23 heavy (non-hydrogen) atoms. The quantitative estimate of drug-likeness (QED) is 0.617. The molecule has 2 heterocycles. The summed E-state index contributed by atoms with van der Waals surface area (Å²) in [6, 6.07) is 7.81. The second-order valence-corrected chi connectivity index (χ2v) is 6.41. The van der Waals surface area contributed by atoms with E-state index in [1.165, 1.54) is 12.1 Å². The third-order valence-electron chi connectivity index (χ3n) is 3.88. The summed E-state index contributed by atoms with van der Waals surface area (Å²) >= 11 is 1.58. The molecular formula is C17H17F3N2S. The highest BCUT2D eigenvalue weighted by atomic mass is 32.1. The first kappa shape index (κ1) is 16.1. The number of nitrogens with two attached hydrogens (primary N) is 1. The Kier molecular flexibility index (Phi) is 4.46. The van der Waals surface area contributed by atoms with Gasteiger partial charge in [0.1, 0.15) is 0 Å². The van der Waals surface area contributed by atoms with Crippen LogP contribution in [0.2, 0.25) is 0 Å². The van der Waals surface area contributed by atoms with Crippen molar-refractivity contribution in [3.05, 3.63) is 46.8 Å². The highest BCUT2D eigenvalue weighted by molar-refractivity contribution is 7.13. The van der Waals surface area contributed by atoms with E-state index < -0.39 is 11.7 Å². The minimum Gasteiger partial charge on any atom is -0.354 e. The molecule has 2 nitrogen and oxygen atoms in total. The van der Waals surface area contributed by atoms with E-state index >= 15 is 0 Å². The molecule has 3 aromatic rings. The van der Waals surface area contributed by atoms with E-state index in [4.69, 9.17) is 5.73 Å². The van der Waals surface area contributed by atoms with Crippen LogP contribution in [0.15, 0.2) is 35.7 Å². The Morgan fingerprint density at radius 3 is 2.61 bits per heavy atom. The first-order valence-electron chi connectivity index (χ1n) is 7.46. The van der Waals surface area contributed by atoms with Crippen LogP contribution in [0.4, 0.5) is 13.2 Å². The fraction of sp³-hybridized carbons (Fsp3) is 0.294. The monoisotopic (exact) mass is 338 g/mol. The van der Waals surface area contributed by atoms with Crippen LogP contribution < -0.4 is 5.73 Å². The number of nitrogens with one attached hydrogen (secondary N) is 1. The summed E-state index contributed by atoms with van der Waals surface area (Å²) in [6.07, 6.45) is -1.90. The van der Waals surface area contributed by atoms with E-state index in [9.17, 15) is 13.2 Å². The average Bonchev–Trinajstić information content (AvgIpc) is 3.13. The molecule has 122 valence electrons. The number of aromatic amines is 1. The van der Waals surface area contributed by atoms with Crippen LogP contribution in [0.5, 0.6) is 0 Å². The Balaban J connectivity index is 2.12. The van der Waals surface area contributed by atoms with Crippen LogP contribution >= 0.6 is 11.3 Å². The Hall–Kier alpha value is -1.79. The number of alkyl halides is 3. The van der Waals surface area contributed by atoms with E-state index in [1.807, 2.05) is 17.5 Å². The molecule has 0 atom stereocenters. The summed E-state index contributed by atoms with van der Waals surface area (Å²) in [4.78, 5) is 4.32. The number of benzene rings is 1.